The lowest BCUT2D eigenvalue weighted by Gasteiger charge is -2.22. The summed E-state index contributed by atoms with van der Waals surface area (Å²) in [6, 6.07) is 0. The van der Waals surface area contributed by atoms with E-state index in [4.69, 9.17) is 0 Å². The van der Waals surface area contributed by atoms with E-state index in [-0.39, 0.29) is 23.2 Å². The first kappa shape index (κ1) is 15.2. The van der Waals surface area contributed by atoms with Crippen molar-refractivity contribution in [2.45, 2.75) is 24.5 Å². The molecule has 2 rings (SSSR count). The molecule has 9 heteroatoms. The molecule has 1 aliphatic heterocycles. The zero-order valence-corrected chi connectivity index (χ0v) is 13.2. The minimum Gasteiger partial charge on any atom is -0.359 e. The zero-order valence-electron chi connectivity index (χ0n) is 11.5. The molecule has 0 aromatic carbocycles. The molecule has 0 radical (unpaired) electrons. The highest BCUT2D eigenvalue weighted by molar-refractivity contribution is 7.91. The third kappa shape index (κ3) is 2.40. The monoisotopic (exact) mass is 319 g/mol. The standard InChI is InChI=1S/C11H17N3O4S2/c1-7-8(19-10(16)13-7)20(17,18)14-5-4-11(2,6-14)9(15)12-3/h4-6H2,1-3H3,(H,12,15)(H,13,16). The van der Waals surface area contributed by atoms with Crippen LogP contribution in [0.15, 0.2) is 9.00 Å². The summed E-state index contributed by atoms with van der Waals surface area (Å²) in [6.45, 7) is 3.70. The van der Waals surface area contributed by atoms with E-state index in [1.54, 1.807) is 13.8 Å². The van der Waals surface area contributed by atoms with Crippen molar-refractivity contribution in [1.29, 1.82) is 0 Å². The van der Waals surface area contributed by atoms with Crippen LogP contribution < -0.4 is 10.2 Å². The van der Waals surface area contributed by atoms with Gasteiger partial charge in [0.15, 0.2) is 4.21 Å². The van der Waals surface area contributed by atoms with E-state index in [0.29, 0.717) is 23.5 Å². The second-order valence-electron chi connectivity index (χ2n) is 5.16. The second kappa shape index (κ2) is 4.97. The van der Waals surface area contributed by atoms with Crippen molar-refractivity contribution in [1.82, 2.24) is 14.6 Å². The van der Waals surface area contributed by atoms with E-state index < -0.39 is 20.3 Å². The summed E-state index contributed by atoms with van der Waals surface area (Å²) >= 11 is 0.681. The Kier molecular flexibility index (Phi) is 3.78. The Bertz CT molecular complexity index is 691. The fourth-order valence-electron chi connectivity index (χ4n) is 2.36. The molecule has 1 saturated heterocycles. The summed E-state index contributed by atoms with van der Waals surface area (Å²) < 4.78 is 26.3. The summed E-state index contributed by atoms with van der Waals surface area (Å²) in [5.74, 6) is -0.172. The molecular formula is C11H17N3O4S2. The predicted molar refractivity (Wildman–Crippen MR) is 75.2 cm³/mol. The molecule has 1 amide bonds. The maximum Gasteiger partial charge on any atom is 0.305 e. The second-order valence-corrected chi connectivity index (χ2v) is 8.27. The van der Waals surface area contributed by atoms with Crippen LogP contribution in [0.2, 0.25) is 0 Å². The van der Waals surface area contributed by atoms with Crippen molar-refractivity contribution in [2.75, 3.05) is 20.1 Å². The molecule has 0 aliphatic carbocycles. The minimum atomic E-state index is -3.72. The molecule has 0 spiro atoms. The van der Waals surface area contributed by atoms with E-state index in [1.165, 1.54) is 11.4 Å². The maximum absolute atomic E-state index is 12.5. The van der Waals surface area contributed by atoms with Gasteiger partial charge in [0, 0.05) is 25.8 Å². The average molecular weight is 319 g/mol. The van der Waals surface area contributed by atoms with Crippen molar-refractivity contribution in [3.63, 3.8) is 0 Å². The predicted octanol–water partition coefficient (Wildman–Crippen LogP) is -0.108. The van der Waals surface area contributed by atoms with Crippen LogP contribution in [0.1, 0.15) is 19.0 Å². The molecule has 0 saturated carbocycles. The SMILES string of the molecule is CNC(=O)C1(C)CCN(S(=O)(=O)c2sc(=O)[nH]c2C)C1. The lowest BCUT2D eigenvalue weighted by atomic mass is 9.89. The molecule has 0 bridgehead atoms. The number of rotatable bonds is 3. The number of aromatic amines is 1. The Morgan fingerprint density at radius 2 is 2.15 bits per heavy atom. The Hall–Kier alpha value is -1.19. The van der Waals surface area contributed by atoms with Gasteiger partial charge in [0.05, 0.1) is 5.41 Å². The molecule has 1 aromatic rings. The molecular weight excluding hydrogens is 302 g/mol. The summed E-state index contributed by atoms with van der Waals surface area (Å²) in [7, 11) is -2.19. The molecule has 7 nitrogen and oxygen atoms in total. The van der Waals surface area contributed by atoms with Gasteiger partial charge in [-0.05, 0) is 20.3 Å². The fraction of sp³-hybridized carbons (Fsp3) is 0.636. The van der Waals surface area contributed by atoms with Crippen LogP contribution >= 0.6 is 11.3 Å². The first-order valence-corrected chi connectivity index (χ1v) is 8.38. The van der Waals surface area contributed by atoms with Gasteiger partial charge in [0.2, 0.25) is 5.91 Å². The summed E-state index contributed by atoms with van der Waals surface area (Å²) in [4.78, 5) is 25.2. The lowest BCUT2D eigenvalue weighted by molar-refractivity contribution is -0.128. The number of hydrogen-bond acceptors (Lipinski definition) is 5. The van der Waals surface area contributed by atoms with Gasteiger partial charge in [-0.25, -0.2) is 8.42 Å². The fourth-order valence-corrected chi connectivity index (χ4v) is 5.37. The highest BCUT2D eigenvalue weighted by Crippen LogP contribution is 2.34. The molecule has 20 heavy (non-hydrogen) atoms. The molecule has 1 aromatic heterocycles. The normalized spacial score (nSPS) is 23.9. The van der Waals surface area contributed by atoms with Crippen LogP contribution in [0.4, 0.5) is 0 Å². The Morgan fingerprint density at radius 1 is 1.50 bits per heavy atom. The molecule has 1 aliphatic rings. The van der Waals surface area contributed by atoms with Gasteiger partial charge in [-0.2, -0.15) is 4.31 Å². The highest BCUT2D eigenvalue weighted by atomic mass is 32.2. The van der Waals surface area contributed by atoms with Crippen LogP contribution in [-0.2, 0) is 14.8 Å². The van der Waals surface area contributed by atoms with Crippen LogP contribution in [0.5, 0.6) is 0 Å². The van der Waals surface area contributed by atoms with Gasteiger partial charge in [0.1, 0.15) is 0 Å². The summed E-state index contributed by atoms with van der Waals surface area (Å²) in [5.41, 5.74) is -0.384. The van der Waals surface area contributed by atoms with Gasteiger partial charge in [-0.3, -0.25) is 9.59 Å². The van der Waals surface area contributed by atoms with Crippen molar-refractivity contribution >= 4 is 27.3 Å². The summed E-state index contributed by atoms with van der Waals surface area (Å²) in [6.07, 6.45) is 0.463. The summed E-state index contributed by atoms with van der Waals surface area (Å²) in [5, 5.41) is 2.56. The minimum absolute atomic E-state index is 0.0312. The molecule has 1 unspecified atom stereocenters. The highest BCUT2D eigenvalue weighted by Gasteiger charge is 2.45. The van der Waals surface area contributed by atoms with E-state index in [1.807, 2.05) is 0 Å². The Morgan fingerprint density at radius 3 is 2.65 bits per heavy atom. The first-order valence-electron chi connectivity index (χ1n) is 6.13. The number of nitrogens with one attached hydrogen (secondary N) is 2. The van der Waals surface area contributed by atoms with Crippen molar-refractivity contribution < 1.29 is 13.2 Å². The lowest BCUT2D eigenvalue weighted by Crippen LogP contribution is -2.40. The molecule has 1 atom stereocenters. The average Bonchev–Trinajstić information content (AvgIpc) is 2.93. The number of amides is 1. The number of aromatic nitrogens is 1. The van der Waals surface area contributed by atoms with Crippen molar-refractivity contribution in [3.05, 3.63) is 15.4 Å². The van der Waals surface area contributed by atoms with E-state index >= 15 is 0 Å². The maximum atomic E-state index is 12.5. The van der Waals surface area contributed by atoms with Crippen LogP contribution in [0, 0.1) is 12.3 Å². The number of H-pyrrole nitrogens is 1. The van der Waals surface area contributed by atoms with Gasteiger partial charge >= 0.3 is 4.87 Å². The number of aryl methyl sites for hydroxylation is 1. The smallest absolute Gasteiger partial charge is 0.305 e. The van der Waals surface area contributed by atoms with E-state index in [0.717, 1.165) is 0 Å². The number of carbonyl (C=O) groups is 1. The number of hydrogen-bond donors (Lipinski definition) is 2. The zero-order chi connectivity index (χ0) is 15.1. The first-order chi connectivity index (χ1) is 9.20. The number of nitrogens with zero attached hydrogens (tertiary/aromatic N) is 1. The quantitative estimate of drug-likeness (QED) is 0.812. The molecule has 1 fully saturated rings. The Labute approximate surface area is 121 Å². The van der Waals surface area contributed by atoms with E-state index in [9.17, 15) is 18.0 Å². The molecule has 112 valence electrons. The van der Waals surface area contributed by atoms with Crippen molar-refractivity contribution in [3.8, 4) is 0 Å². The number of carbonyl (C=O) groups excluding carboxylic acids is 1. The van der Waals surface area contributed by atoms with Crippen LogP contribution in [-0.4, -0.2) is 43.8 Å². The third-order valence-electron chi connectivity index (χ3n) is 3.57. The topological polar surface area (TPSA) is 99.3 Å². The Balaban J connectivity index is 2.32. The van der Waals surface area contributed by atoms with Gasteiger partial charge < -0.3 is 10.3 Å². The van der Waals surface area contributed by atoms with Gasteiger partial charge in [0.25, 0.3) is 10.0 Å². The van der Waals surface area contributed by atoms with Crippen LogP contribution in [0.25, 0.3) is 0 Å². The number of sulfonamides is 1. The van der Waals surface area contributed by atoms with Gasteiger partial charge in [-0.1, -0.05) is 11.3 Å². The van der Waals surface area contributed by atoms with Crippen LogP contribution in [0.3, 0.4) is 0 Å². The molecule has 2 N–H and O–H groups in total. The van der Waals surface area contributed by atoms with Gasteiger partial charge in [-0.15, -0.1) is 0 Å². The number of thiazole rings is 1. The largest absolute Gasteiger partial charge is 0.359 e. The van der Waals surface area contributed by atoms with Crippen molar-refractivity contribution in [2.24, 2.45) is 5.41 Å². The molecule has 2 heterocycles. The van der Waals surface area contributed by atoms with E-state index in [2.05, 4.69) is 10.3 Å². The third-order valence-corrected chi connectivity index (χ3v) is 7.00.